The van der Waals surface area contributed by atoms with Gasteiger partial charge in [-0.05, 0) is 31.5 Å². The van der Waals surface area contributed by atoms with E-state index in [1.165, 1.54) is 12.1 Å². The number of carbonyl (C=O) groups excluding carboxylic acids is 1. The highest BCUT2D eigenvalue weighted by atomic mass is 19.1. The molecule has 19 heavy (non-hydrogen) atoms. The Morgan fingerprint density at radius 3 is 2.58 bits per heavy atom. The summed E-state index contributed by atoms with van der Waals surface area (Å²) >= 11 is 0. The maximum absolute atomic E-state index is 12.7. The Morgan fingerprint density at radius 2 is 2.00 bits per heavy atom. The summed E-state index contributed by atoms with van der Waals surface area (Å²) in [7, 11) is 0. The molecule has 4 nitrogen and oxygen atoms in total. The van der Waals surface area contributed by atoms with Crippen molar-refractivity contribution in [2.45, 2.75) is 26.8 Å². The monoisotopic (exact) mass is 261 g/mol. The first-order valence-corrected chi connectivity index (χ1v) is 6.08. The lowest BCUT2D eigenvalue weighted by molar-refractivity contribution is -0.120. The molecule has 0 aliphatic carbocycles. The van der Waals surface area contributed by atoms with E-state index in [1.54, 1.807) is 12.1 Å². The van der Waals surface area contributed by atoms with Gasteiger partial charge in [0.25, 0.3) is 0 Å². The summed E-state index contributed by atoms with van der Waals surface area (Å²) in [4.78, 5) is 11.8. The van der Waals surface area contributed by atoms with E-state index in [0.29, 0.717) is 6.54 Å². The number of carbonyl (C=O) groups is 1. The van der Waals surface area contributed by atoms with Crippen LogP contribution >= 0.6 is 0 Å². The van der Waals surface area contributed by atoms with Gasteiger partial charge in [-0.15, -0.1) is 0 Å². The number of aromatic amines is 1. The average Bonchev–Trinajstić information content (AvgIpc) is 2.70. The predicted octanol–water partition coefficient (Wildman–Crippen LogP) is 2.02. The lowest BCUT2D eigenvalue weighted by atomic mass is 10.1. The fraction of sp³-hybridized carbons (Fsp3) is 0.286. The van der Waals surface area contributed by atoms with E-state index in [4.69, 9.17) is 0 Å². The molecule has 1 amide bonds. The predicted molar refractivity (Wildman–Crippen MR) is 70.0 cm³/mol. The van der Waals surface area contributed by atoms with E-state index in [0.717, 1.165) is 22.5 Å². The Bertz CT molecular complexity index is 555. The van der Waals surface area contributed by atoms with E-state index in [-0.39, 0.29) is 18.1 Å². The Balaban J connectivity index is 1.90. The van der Waals surface area contributed by atoms with Crippen molar-refractivity contribution in [3.63, 3.8) is 0 Å². The third-order valence-corrected chi connectivity index (χ3v) is 3.02. The zero-order valence-corrected chi connectivity index (χ0v) is 11.0. The minimum atomic E-state index is -0.297. The van der Waals surface area contributed by atoms with Gasteiger partial charge in [-0.25, -0.2) is 4.39 Å². The molecule has 1 heterocycles. The van der Waals surface area contributed by atoms with E-state index < -0.39 is 0 Å². The third kappa shape index (κ3) is 3.40. The van der Waals surface area contributed by atoms with Crippen molar-refractivity contribution < 1.29 is 9.18 Å². The number of hydrogen-bond donors (Lipinski definition) is 2. The summed E-state index contributed by atoms with van der Waals surface area (Å²) in [6, 6.07) is 5.94. The van der Waals surface area contributed by atoms with Crippen LogP contribution in [0.3, 0.4) is 0 Å². The van der Waals surface area contributed by atoms with Gasteiger partial charge >= 0.3 is 0 Å². The first kappa shape index (κ1) is 13.3. The molecule has 1 aromatic carbocycles. The number of benzene rings is 1. The van der Waals surface area contributed by atoms with Crippen LogP contribution in [0.2, 0.25) is 0 Å². The second-order valence-corrected chi connectivity index (χ2v) is 4.49. The number of nitrogens with zero attached hydrogens (tertiary/aromatic N) is 1. The summed E-state index contributed by atoms with van der Waals surface area (Å²) in [6.07, 6.45) is 0.246. The molecule has 2 N–H and O–H groups in total. The molecular weight excluding hydrogens is 245 g/mol. The topological polar surface area (TPSA) is 57.8 Å². The molecule has 0 atom stereocenters. The van der Waals surface area contributed by atoms with Gasteiger partial charge in [-0.2, -0.15) is 5.10 Å². The molecule has 0 saturated heterocycles. The standard InChI is InChI=1S/C14H16FN3O/c1-9-13(10(2)18-17-9)8-16-14(19)7-11-3-5-12(15)6-4-11/h3-6H,7-8H2,1-2H3,(H,16,19)(H,17,18). The van der Waals surface area contributed by atoms with Gasteiger partial charge in [-0.1, -0.05) is 12.1 Å². The van der Waals surface area contributed by atoms with Crippen molar-refractivity contribution in [1.29, 1.82) is 0 Å². The van der Waals surface area contributed by atoms with Gasteiger partial charge in [-0.3, -0.25) is 9.89 Å². The molecule has 5 heteroatoms. The van der Waals surface area contributed by atoms with Gasteiger partial charge in [0.1, 0.15) is 5.82 Å². The number of aromatic nitrogens is 2. The minimum absolute atomic E-state index is 0.0911. The van der Waals surface area contributed by atoms with Gasteiger partial charge in [0, 0.05) is 17.8 Å². The Labute approximate surface area is 111 Å². The third-order valence-electron chi connectivity index (χ3n) is 3.02. The first-order chi connectivity index (χ1) is 9.06. The van der Waals surface area contributed by atoms with Gasteiger partial charge < -0.3 is 5.32 Å². The molecule has 0 fully saturated rings. The number of rotatable bonds is 4. The quantitative estimate of drug-likeness (QED) is 0.884. The largest absolute Gasteiger partial charge is 0.352 e. The van der Waals surface area contributed by atoms with Gasteiger partial charge in [0.15, 0.2) is 0 Å². The molecule has 1 aromatic heterocycles. The highest BCUT2D eigenvalue weighted by Gasteiger charge is 2.08. The van der Waals surface area contributed by atoms with Crippen molar-refractivity contribution in [2.24, 2.45) is 0 Å². The molecule has 0 bridgehead atoms. The minimum Gasteiger partial charge on any atom is -0.352 e. The lowest BCUT2D eigenvalue weighted by Gasteiger charge is -2.05. The van der Waals surface area contributed by atoms with Crippen LogP contribution < -0.4 is 5.32 Å². The molecular formula is C14H16FN3O. The molecule has 0 aliphatic rings. The number of H-pyrrole nitrogens is 1. The van der Waals surface area contributed by atoms with Crippen molar-refractivity contribution >= 4 is 5.91 Å². The number of nitrogens with one attached hydrogen (secondary N) is 2. The van der Waals surface area contributed by atoms with E-state index in [2.05, 4.69) is 15.5 Å². The second-order valence-electron chi connectivity index (χ2n) is 4.49. The fourth-order valence-corrected chi connectivity index (χ4v) is 1.87. The number of hydrogen-bond acceptors (Lipinski definition) is 2. The summed E-state index contributed by atoms with van der Waals surface area (Å²) in [5, 5.41) is 9.78. The summed E-state index contributed by atoms with van der Waals surface area (Å²) in [6.45, 7) is 4.26. The van der Waals surface area contributed by atoms with Crippen LogP contribution in [-0.2, 0) is 17.8 Å². The Hall–Kier alpha value is -2.17. The van der Waals surface area contributed by atoms with Crippen molar-refractivity contribution in [3.8, 4) is 0 Å². The van der Waals surface area contributed by atoms with Crippen molar-refractivity contribution in [3.05, 3.63) is 52.6 Å². The molecule has 0 radical (unpaired) electrons. The Morgan fingerprint density at radius 1 is 1.32 bits per heavy atom. The summed E-state index contributed by atoms with van der Waals surface area (Å²) in [5.74, 6) is -0.389. The van der Waals surface area contributed by atoms with Crippen LogP contribution in [-0.4, -0.2) is 16.1 Å². The first-order valence-electron chi connectivity index (χ1n) is 6.08. The van der Waals surface area contributed by atoms with Crippen LogP contribution in [0.25, 0.3) is 0 Å². The number of aryl methyl sites for hydroxylation is 2. The van der Waals surface area contributed by atoms with E-state index in [9.17, 15) is 9.18 Å². The zero-order valence-electron chi connectivity index (χ0n) is 11.0. The number of amides is 1. The molecule has 0 unspecified atom stereocenters. The molecule has 0 aliphatic heterocycles. The van der Waals surface area contributed by atoms with Crippen molar-refractivity contribution in [2.75, 3.05) is 0 Å². The fourth-order valence-electron chi connectivity index (χ4n) is 1.87. The maximum atomic E-state index is 12.7. The van der Waals surface area contributed by atoms with E-state index in [1.807, 2.05) is 13.8 Å². The molecule has 2 aromatic rings. The van der Waals surface area contributed by atoms with Crippen molar-refractivity contribution in [1.82, 2.24) is 15.5 Å². The summed E-state index contributed by atoms with van der Waals surface area (Å²) in [5.41, 5.74) is 3.64. The second kappa shape index (κ2) is 5.65. The SMILES string of the molecule is Cc1n[nH]c(C)c1CNC(=O)Cc1ccc(F)cc1. The summed E-state index contributed by atoms with van der Waals surface area (Å²) < 4.78 is 12.7. The van der Waals surface area contributed by atoms with Crippen LogP contribution in [0, 0.1) is 19.7 Å². The maximum Gasteiger partial charge on any atom is 0.224 e. The normalized spacial score (nSPS) is 10.5. The smallest absolute Gasteiger partial charge is 0.224 e. The highest BCUT2D eigenvalue weighted by molar-refractivity contribution is 5.78. The number of halogens is 1. The average molecular weight is 261 g/mol. The van der Waals surface area contributed by atoms with Crippen LogP contribution in [0.5, 0.6) is 0 Å². The molecule has 0 spiro atoms. The molecule has 0 saturated carbocycles. The van der Waals surface area contributed by atoms with Gasteiger partial charge in [0.2, 0.25) is 5.91 Å². The molecule has 2 rings (SSSR count). The van der Waals surface area contributed by atoms with Gasteiger partial charge in [0.05, 0.1) is 12.1 Å². The highest BCUT2D eigenvalue weighted by Crippen LogP contribution is 2.09. The zero-order chi connectivity index (χ0) is 13.8. The lowest BCUT2D eigenvalue weighted by Crippen LogP contribution is -2.25. The molecule has 100 valence electrons. The van der Waals surface area contributed by atoms with E-state index >= 15 is 0 Å². The Kier molecular flexibility index (Phi) is 3.94. The van der Waals surface area contributed by atoms with Crippen LogP contribution in [0.1, 0.15) is 22.5 Å². The van der Waals surface area contributed by atoms with Crippen LogP contribution in [0.15, 0.2) is 24.3 Å². The van der Waals surface area contributed by atoms with Crippen LogP contribution in [0.4, 0.5) is 4.39 Å².